The number of anilines is 1. The smallest absolute Gasteiger partial charge is 0.308 e. The minimum absolute atomic E-state index is 0.219. The van der Waals surface area contributed by atoms with Crippen molar-refractivity contribution >= 4 is 22.6 Å². The Hall–Kier alpha value is -4.37. The molecule has 0 spiro atoms. The number of aryl methyl sites for hydroxylation is 1. The number of carbonyl (C=O) groups is 1. The Kier molecular flexibility index (Phi) is 5.15. The SMILES string of the molecule is N#Cc1cccc(OC2CCc3ccc(-c4cccc5c(N)nccc45)cc32)c1CC(=O)O. The number of pyridine rings is 1. The lowest BCUT2D eigenvalue weighted by Crippen LogP contribution is -2.09. The van der Waals surface area contributed by atoms with Gasteiger partial charge in [0.05, 0.1) is 18.1 Å². The molecule has 0 fully saturated rings. The Morgan fingerprint density at radius 3 is 2.82 bits per heavy atom. The first kappa shape index (κ1) is 20.5. The van der Waals surface area contributed by atoms with Crippen LogP contribution in [0.15, 0.2) is 66.9 Å². The first-order valence-corrected chi connectivity index (χ1v) is 10.7. The average Bonchev–Trinajstić information content (AvgIpc) is 3.22. The number of nitrogen functional groups attached to an aromatic ring is 1. The number of carboxylic acids is 1. The van der Waals surface area contributed by atoms with Crippen molar-refractivity contribution in [2.24, 2.45) is 0 Å². The molecule has 1 aliphatic rings. The number of hydrogen-bond acceptors (Lipinski definition) is 5. The summed E-state index contributed by atoms with van der Waals surface area (Å²) in [5.41, 5.74) is 11.2. The van der Waals surface area contributed by atoms with Gasteiger partial charge in [-0.15, -0.1) is 0 Å². The van der Waals surface area contributed by atoms with Crippen LogP contribution in [0.2, 0.25) is 0 Å². The van der Waals surface area contributed by atoms with Crippen LogP contribution < -0.4 is 10.5 Å². The second-order valence-electron chi connectivity index (χ2n) is 8.12. The minimum Gasteiger partial charge on any atom is -0.485 e. The van der Waals surface area contributed by atoms with E-state index in [0.29, 0.717) is 22.7 Å². The first-order valence-electron chi connectivity index (χ1n) is 10.7. The van der Waals surface area contributed by atoms with Crippen molar-refractivity contribution in [3.05, 3.63) is 89.1 Å². The summed E-state index contributed by atoms with van der Waals surface area (Å²) in [6.07, 6.45) is 2.90. The molecule has 1 aliphatic carbocycles. The molecule has 3 aromatic carbocycles. The van der Waals surface area contributed by atoms with Crippen LogP contribution in [0.4, 0.5) is 5.82 Å². The van der Waals surface area contributed by atoms with Gasteiger partial charge >= 0.3 is 5.97 Å². The molecule has 0 saturated carbocycles. The van der Waals surface area contributed by atoms with Gasteiger partial charge in [-0.3, -0.25) is 4.79 Å². The second-order valence-corrected chi connectivity index (χ2v) is 8.12. The quantitative estimate of drug-likeness (QED) is 0.454. The number of benzene rings is 3. The molecular weight excluding hydrogens is 414 g/mol. The van der Waals surface area contributed by atoms with E-state index in [-0.39, 0.29) is 12.5 Å². The number of fused-ring (bicyclic) bond motifs is 2. The Bertz CT molecular complexity index is 1440. The Balaban J connectivity index is 1.54. The summed E-state index contributed by atoms with van der Waals surface area (Å²) in [4.78, 5) is 15.6. The maximum absolute atomic E-state index is 11.4. The van der Waals surface area contributed by atoms with Gasteiger partial charge in [0.15, 0.2) is 0 Å². The molecule has 1 heterocycles. The summed E-state index contributed by atoms with van der Waals surface area (Å²) in [6.45, 7) is 0. The number of aromatic nitrogens is 1. The van der Waals surface area contributed by atoms with Gasteiger partial charge in [-0.1, -0.05) is 36.4 Å². The maximum Gasteiger partial charge on any atom is 0.308 e. The third kappa shape index (κ3) is 3.74. The fourth-order valence-corrected chi connectivity index (χ4v) is 4.60. The molecule has 162 valence electrons. The van der Waals surface area contributed by atoms with Crippen molar-refractivity contribution in [2.75, 3.05) is 5.73 Å². The molecule has 1 unspecified atom stereocenters. The Morgan fingerprint density at radius 1 is 1.15 bits per heavy atom. The summed E-state index contributed by atoms with van der Waals surface area (Å²) in [6, 6.07) is 21.5. The highest BCUT2D eigenvalue weighted by Crippen LogP contribution is 2.40. The van der Waals surface area contributed by atoms with Crippen LogP contribution in [0.25, 0.3) is 21.9 Å². The molecule has 0 amide bonds. The Labute approximate surface area is 190 Å². The molecule has 33 heavy (non-hydrogen) atoms. The normalized spacial score (nSPS) is 14.6. The van der Waals surface area contributed by atoms with Crippen LogP contribution in [0, 0.1) is 11.3 Å². The van der Waals surface area contributed by atoms with Crippen LogP contribution in [-0.4, -0.2) is 16.1 Å². The largest absolute Gasteiger partial charge is 0.485 e. The highest BCUT2D eigenvalue weighted by atomic mass is 16.5. The standard InChI is InChI=1S/C27H21N3O3/c28-15-18-3-1-6-24(23(18)14-26(31)32)33-25-10-9-16-7-8-17(13-22(16)25)19-4-2-5-21-20(19)11-12-30-27(21)29/h1-8,11-13,25H,9-10,14H2,(H2,29,30)(H,31,32). The van der Waals surface area contributed by atoms with Gasteiger partial charge in [0.1, 0.15) is 17.7 Å². The van der Waals surface area contributed by atoms with E-state index in [0.717, 1.165) is 40.3 Å². The fraction of sp³-hybridized carbons (Fsp3) is 0.148. The molecule has 5 rings (SSSR count). The summed E-state index contributed by atoms with van der Waals surface area (Å²) < 4.78 is 6.33. The monoisotopic (exact) mass is 435 g/mol. The van der Waals surface area contributed by atoms with Crippen molar-refractivity contribution in [3.8, 4) is 22.9 Å². The van der Waals surface area contributed by atoms with Gasteiger partial charge < -0.3 is 15.6 Å². The lowest BCUT2D eigenvalue weighted by atomic mass is 9.96. The zero-order chi connectivity index (χ0) is 22.9. The van der Waals surface area contributed by atoms with Crippen LogP contribution >= 0.6 is 0 Å². The summed E-state index contributed by atoms with van der Waals surface area (Å²) >= 11 is 0. The third-order valence-corrected chi connectivity index (χ3v) is 6.17. The predicted molar refractivity (Wildman–Crippen MR) is 126 cm³/mol. The van der Waals surface area contributed by atoms with Crippen molar-refractivity contribution in [1.82, 2.24) is 4.98 Å². The molecule has 0 saturated heterocycles. The van der Waals surface area contributed by atoms with Gasteiger partial charge in [-0.2, -0.15) is 5.26 Å². The van der Waals surface area contributed by atoms with Crippen LogP contribution in [0.1, 0.15) is 34.8 Å². The summed E-state index contributed by atoms with van der Waals surface area (Å²) in [5, 5.41) is 20.7. The average molecular weight is 435 g/mol. The van der Waals surface area contributed by atoms with E-state index < -0.39 is 5.97 Å². The van der Waals surface area contributed by atoms with E-state index in [4.69, 9.17) is 10.5 Å². The molecule has 0 aliphatic heterocycles. The molecule has 0 bridgehead atoms. The topological polar surface area (TPSA) is 109 Å². The molecule has 4 aromatic rings. The fourth-order valence-electron chi connectivity index (χ4n) is 4.60. The van der Waals surface area contributed by atoms with Crippen LogP contribution in [0.3, 0.4) is 0 Å². The molecule has 1 aromatic heterocycles. The number of ether oxygens (including phenoxy) is 1. The van der Waals surface area contributed by atoms with Crippen molar-refractivity contribution in [1.29, 1.82) is 5.26 Å². The predicted octanol–water partition coefficient (Wildman–Crippen LogP) is 5.05. The lowest BCUT2D eigenvalue weighted by Gasteiger charge is -2.19. The number of nitriles is 1. The third-order valence-electron chi connectivity index (χ3n) is 6.17. The Morgan fingerprint density at radius 2 is 2.00 bits per heavy atom. The van der Waals surface area contributed by atoms with Crippen LogP contribution in [0.5, 0.6) is 5.75 Å². The van der Waals surface area contributed by atoms with E-state index in [2.05, 4.69) is 35.3 Å². The highest BCUT2D eigenvalue weighted by Gasteiger charge is 2.26. The minimum atomic E-state index is -0.999. The van der Waals surface area contributed by atoms with Gasteiger partial charge in [-0.05, 0) is 64.7 Å². The van der Waals surface area contributed by atoms with E-state index in [1.54, 1.807) is 24.4 Å². The molecule has 6 heteroatoms. The number of nitrogens with two attached hydrogens (primary N) is 1. The van der Waals surface area contributed by atoms with Crippen molar-refractivity contribution in [3.63, 3.8) is 0 Å². The number of nitrogens with zero attached hydrogens (tertiary/aromatic N) is 2. The highest BCUT2D eigenvalue weighted by molar-refractivity contribution is 6.01. The van der Waals surface area contributed by atoms with E-state index in [1.807, 2.05) is 18.2 Å². The van der Waals surface area contributed by atoms with Crippen molar-refractivity contribution in [2.45, 2.75) is 25.4 Å². The number of carboxylic acid groups (broad SMARTS) is 1. The van der Waals surface area contributed by atoms with Gasteiger partial charge in [-0.25, -0.2) is 4.98 Å². The van der Waals surface area contributed by atoms with Gasteiger partial charge in [0.2, 0.25) is 0 Å². The molecule has 3 N–H and O–H groups in total. The number of hydrogen-bond donors (Lipinski definition) is 2. The zero-order valence-electron chi connectivity index (χ0n) is 17.8. The van der Waals surface area contributed by atoms with Crippen LogP contribution in [-0.2, 0) is 17.6 Å². The summed E-state index contributed by atoms with van der Waals surface area (Å²) in [5.74, 6) is -0.0508. The molecule has 6 nitrogen and oxygen atoms in total. The first-order chi connectivity index (χ1) is 16.0. The molecular formula is C27H21N3O3. The molecule has 1 atom stereocenters. The van der Waals surface area contributed by atoms with Crippen molar-refractivity contribution < 1.29 is 14.6 Å². The van der Waals surface area contributed by atoms with E-state index in [9.17, 15) is 15.2 Å². The second kappa shape index (κ2) is 8.29. The lowest BCUT2D eigenvalue weighted by molar-refractivity contribution is -0.136. The number of aliphatic carboxylic acids is 1. The summed E-state index contributed by atoms with van der Waals surface area (Å²) in [7, 11) is 0. The van der Waals surface area contributed by atoms with E-state index in [1.165, 1.54) is 5.56 Å². The number of rotatable bonds is 5. The van der Waals surface area contributed by atoms with Gasteiger partial charge in [0, 0.05) is 17.1 Å². The zero-order valence-corrected chi connectivity index (χ0v) is 17.8. The maximum atomic E-state index is 11.4. The molecule has 0 radical (unpaired) electrons. The van der Waals surface area contributed by atoms with Gasteiger partial charge in [0.25, 0.3) is 0 Å². The van der Waals surface area contributed by atoms with E-state index >= 15 is 0 Å².